The lowest BCUT2D eigenvalue weighted by Crippen LogP contribution is -2.44. The van der Waals surface area contributed by atoms with Crippen LogP contribution in [0.5, 0.6) is 0 Å². The van der Waals surface area contributed by atoms with Crippen molar-refractivity contribution in [3.8, 4) is 0 Å². The van der Waals surface area contributed by atoms with Crippen LogP contribution in [0.2, 0.25) is 0 Å². The minimum absolute atomic E-state index is 0.00411. The summed E-state index contributed by atoms with van der Waals surface area (Å²) in [5, 5.41) is 0. The summed E-state index contributed by atoms with van der Waals surface area (Å²) in [6.07, 6.45) is 4.38. The molecule has 1 heterocycles. The molecule has 8 heteroatoms. The lowest BCUT2D eigenvalue weighted by atomic mass is 10.3. The maximum Gasteiger partial charge on any atom is 0.243 e. The van der Waals surface area contributed by atoms with E-state index in [-0.39, 0.29) is 29.9 Å². The lowest BCUT2D eigenvalue weighted by molar-refractivity contribution is -0.132. The first-order valence-corrected chi connectivity index (χ1v) is 10.9. The van der Waals surface area contributed by atoms with Crippen LogP contribution in [0.15, 0.2) is 47.5 Å². The Morgan fingerprint density at radius 2 is 1.89 bits per heavy atom. The first-order valence-electron chi connectivity index (χ1n) is 9.48. The van der Waals surface area contributed by atoms with Crippen LogP contribution in [0, 0.1) is 5.82 Å². The second-order valence-electron chi connectivity index (χ2n) is 7.16. The van der Waals surface area contributed by atoms with Crippen LogP contribution in [-0.2, 0) is 28.4 Å². The standard InChI is InChI=1S/C20H26FN3O3S/c1-3-12-23(28(26,27)19-10-6-16(21)7-11-19)15-20(25)24(17-8-9-17)14-18-5-4-13-22(18)2/h4-7,10-11,13,17H,3,8-9,12,14-15H2,1-2H3. The van der Waals surface area contributed by atoms with Crippen LogP contribution in [0.3, 0.4) is 0 Å². The fourth-order valence-corrected chi connectivity index (χ4v) is 4.65. The molecule has 0 N–H and O–H groups in total. The highest BCUT2D eigenvalue weighted by atomic mass is 32.2. The van der Waals surface area contributed by atoms with Crippen molar-refractivity contribution in [3.05, 3.63) is 54.1 Å². The second-order valence-corrected chi connectivity index (χ2v) is 9.09. The Bertz CT molecular complexity index is 920. The van der Waals surface area contributed by atoms with E-state index in [1.54, 1.807) is 4.90 Å². The molecule has 152 valence electrons. The molecule has 1 amide bonds. The lowest BCUT2D eigenvalue weighted by Gasteiger charge is -2.27. The molecule has 28 heavy (non-hydrogen) atoms. The predicted molar refractivity (Wildman–Crippen MR) is 104 cm³/mol. The van der Waals surface area contributed by atoms with Crippen molar-refractivity contribution >= 4 is 15.9 Å². The van der Waals surface area contributed by atoms with E-state index < -0.39 is 15.8 Å². The van der Waals surface area contributed by atoms with Gasteiger partial charge in [0.25, 0.3) is 0 Å². The SMILES string of the molecule is CCCN(CC(=O)N(Cc1cccn1C)C1CC1)S(=O)(=O)c1ccc(F)cc1. The molecular weight excluding hydrogens is 381 g/mol. The van der Waals surface area contributed by atoms with Crippen LogP contribution >= 0.6 is 0 Å². The van der Waals surface area contributed by atoms with Crippen molar-refractivity contribution in [3.63, 3.8) is 0 Å². The first-order chi connectivity index (χ1) is 13.3. The number of nitrogens with zero attached hydrogens (tertiary/aromatic N) is 3. The zero-order chi connectivity index (χ0) is 20.3. The normalized spacial score (nSPS) is 14.4. The Labute approximate surface area is 165 Å². The van der Waals surface area contributed by atoms with Crippen molar-refractivity contribution in [2.75, 3.05) is 13.1 Å². The molecule has 3 rings (SSSR count). The maximum atomic E-state index is 13.2. The van der Waals surface area contributed by atoms with Crippen LogP contribution in [-0.4, -0.2) is 47.2 Å². The summed E-state index contributed by atoms with van der Waals surface area (Å²) in [6.45, 7) is 2.34. The highest BCUT2D eigenvalue weighted by Crippen LogP contribution is 2.29. The summed E-state index contributed by atoms with van der Waals surface area (Å²) in [4.78, 5) is 14.8. The summed E-state index contributed by atoms with van der Waals surface area (Å²) < 4.78 is 42.3. The Balaban J connectivity index is 1.79. The molecule has 0 atom stereocenters. The van der Waals surface area contributed by atoms with E-state index >= 15 is 0 Å². The third-order valence-corrected chi connectivity index (χ3v) is 6.79. The van der Waals surface area contributed by atoms with E-state index in [2.05, 4.69) is 0 Å². The van der Waals surface area contributed by atoms with Gasteiger partial charge in [-0.1, -0.05) is 6.92 Å². The molecule has 1 saturated carbocycles. The van der Waals surface area contributed by atoms with Crippen LogP contribution in [0.25, 0.3) is 0 Å². The molecule has 0 bridgehead atoms. The Hall–Kier alpha value is -2.19. The van der Waals surface area contributed by atoms with Gasteiger partial charge in [0.1, 0.15) is 5.82 Å². The summed E-state index contributed by atoms with van der Waals surface area (Å²) in [5.74, 6) is -0.706. The molecule has 1 aromatic carbocycles. The van der Waals surface area contributed by atoms with Gasteiger partial charge in [0.05, 0.1) is 18.0 Å². The number of benzene rings is 1. The molecule has 0 saturated heterocycles. The quantitative estimate of drug-likeness (QED) is 0.642. The molecule has 6 nitrogen and oxygen atoms in total. The fourth-order valence-electron chi connectivity index (χ4n) is 3.17. The number of sulfonamides is 1. The number of hydrogen-bond donors (Lipinski definition) is 0. The van der Waals surface area contributed by atoms with E-state index in [0.717, 1.165) is 30.7 Å². The molecular formula is C20H26FN3O3S. The fraction of sp³-hybridized carbons (Fsp3) is 0.450. The molecule has 2 aromatic rings. The van der Waals surface area contributed by atoms with Gasteiger partial charge in [-0.05, 0) is 55.7 Å². The summed E-state index contributed by atoms with van der Waals surface area (Å²) in [7, 11) is -1.95. The van der Waals surface area contributed by atoms with E-state index in [4.69, 9.17) is 0 Å². The first kappa shape index (κ1) is 20.5. The van der Waals surface area contributed by atoms with Crippen molar-refractivity contribution < 1.29 is 17.6 Å². The smallest absolute Gasteiger partial charge is 0.243 e. The Morgan fingerprint density at radius 1 is 1.21 bits per heavy atom. The average molecular weight is 408 g/mol. The molecule has 1 fully saturated rings. The van der Waals surface area contributed by atoms with Crippen molar-refractivity contribution in [1.82, 2.24) is 13.8 Å². The molecule has 0 aliphatic heterocycles. The number of rotatable bonds is 9. The molecule has 1 aliphatic carbocycles. The van der Waals surface area contributed by atoms with Gasteiger partial charge < -0.3 is 9.47 Å². The van der Waals surface area contributed by atoms with Gasteiger partial charge in [-0.3, -0.25) is 4.79 Å². The van der Waals surface area contributed by atoms with Crippen molar-refractivity contribution in [2.24, 2.45) is 7.05 Å². The van der Waals surface area contributed by atoms with Gasteiger partial charge in [-0.2, -0.15) is 4.31 Å². The summed E-state index contributed by atoms with van der Waals surface area (Å²) in [6, 6.07) is 8.75. The predicted octanol–water partition coefficient (Wildman–Crippen LogP) is 2.76. The van der Waals surface area contributed by atoms with Gasteiger partial charge in [-0.15, -0.1) is 0 Å². The zero-order valence-corrected chi connectivity index (χ0v) is 17.0. The van der Waals surface area contributed by atoms with Gasteiger partial charge in [-0.25, -0.2) is 12.8 Å². The van der Waals surface area contributed by atoms with Gasteiger partial charge >= 0.3 is 0 Å². The van der Waals surface area contributed by atoms with E-state index in [0.29, 0.717) is 13.0 Å². The molecule has 0 radical (unpaired) electrons. The minimum atomic E-state index is -3.87. The van der Waals surface area contributed by atoms with E-state index in [9.17, 15) is 17.6 Å². The third-order valence-electron chi connectivity index (χ3n) is 4.93. The number of carbonyl (C=O) groups excluding carboxylic acids is 1. The Kier molecular flexibility index (Phi) is 6.20. The largest absolute Gasteiger partial charge is 0.353 e. The highest BCUT2D eigenvalue weighted by molar-refractivity contribution is 7.89. The number of hydrogen-bond acceptors (Lipinski definition) is 3. The number of aromatic nitrogens is 1. The highest BCUT2D eigenvalue weighted by Gasteiger charge is 2.35. The van der Waals surface area contributed by atoms with Crippen LogP contribution < -0.4 is 0 Å². The number of amides is 1. The number of carbonyl (C=O) groups is 1. The van der Waals surface area contributed by atoms with Crippen molar-refractivity contribution in [2.45, 2.75) is 43.7 Å². The summed E-state index contributed by atoms with van der Waals surface area (Å²) >= 11 is 0. The van der Waals surface area contributed by atoms with E-state index in [1.165, 1.54) is 16.4 Å². The third kappa shape index (κ3) is 4.62. The number of aryl methyl sites for hydroxylation is 1. The Morgan fingerprint density at radius 3 is 2.43 bits per heavy atom. The van der Waals surface area contributed by atoms with Crippen LogP contribution in [0.4, 0.5) is 4.39 Å². The van der Waals surface area contributed by atoms with Gasteiger partial charge in [0.2, 0.25) is 15.9 Å². The molecule has 0 unspecified atom stereocenters. The average Bonchev–Trinajstić information content (AvgIpc) is 3.42. The molecule has 1 aliphatic rings. The topological polar surface area (TPSA) is 62.6 Å². The van der Waals surface area contributed by atoms with Crippen molar-refractivity contribution in [1.29, 1.82) is 0 Å². The number of halogens is 1. The molecule has 1 aromatic heterocycles. The molecule has 0 spiro atoms. The van der Waals surface area contributed by atoms with Gasteiger partial charge in [0.15, 0.2) is 0 Å². The monoisotopic (exact) mass is 407 g/mol. The van der Waals surface area contributed by atoms with Crippen LogP contribution in [0.1, 0.15) is 31.9 Å². The zero-order valence-electron chi connectivity index (χ0n) is 16.2. The maximum absolute atomic E-state index is 13.2. The minimum Gasteiger partial charge on any atom is -0.353 e. The second kappa shape index (κ2) is 8.45. The van der Waals surface area contributed by atoms with Gasteiger partial charge in [0, 0.05) is 31.5 Å². The van der Waals surface area contributed by atoms with E-state index in [1.807, 2.05) is 36.9 Å². The summed E-state index contributed by atoms with van der Waals surface area (Å²) in [5.41, 5.74) is 1.00.